The lowest BCUT2D eigenvalue weighted by Gasteiger charge is -2.37. The Morgan fingerprint density at radius 1 is 1.07 bits per heavy atom. The van der Waals surface area contributed by atoms with Gasteiger partial charge in [0.2, 0.25) is 0 Å². The van der Waals surface area contributed by atoms with Crippen LogP contribution in [0.1, 0.15) is 22.7 Å². The molecule has 1 fully saturated rings. The van der Waals surface area contributed by atoms with Gasteiger partial charge in [-0.1, -0.05) is 6.07 Å². The summed E-state index contributed by atoms with van der Waals surface area (Å²) in [5.41, 5.74) is 3.92. The van der Waals surface area contributed by atoms with Gasteiger partial charge >= 0.3 is 11.8 Å². The molecule has 1 atom stereocenters. The van der Waals surface area contributed by atoms with Crippen molar-refractivity contribution < 1.29 is 9.59 Å². The smallest absolute Gasteiger partial charge is 0.313 e. The summed E-state index contributed by atoms with van der Waals surface area (Å²) in [7, 11) is 2.12. The number of aryl methyl sites for hydroxylation is 2. The molecule has 1 aliphatic rings. The summed E-state index contributed by atoms with van der Waals surface area (Å²) in [6, 6.07) is 7.91. The Bertz CT molecular complexity index is 794. The van der Waals surface area contributed by atoms with Gasteiger partial charge < -0.3 is 15.5 Å². The van der Waals surface area contributed by atoms with Gasteiger partial charge in [-0.25, -0.2) is 0 Å². The first kappa shape index (κ1) is 20.5. The number of rotatable bonds is 5. The number of nitrogens with one attached hydrogen (secondary N) is 2. The lowest BCUT2D eigenvalue weighted by molar-refractivity contribution is -0.136. The number of likely N-dealkylation sites (N-methyl/N-ethyl adjacent to an activating group) is 1. The highest BCUT2D eigenvalue weighted by atomic mass is 32.1. The fraction of sp³-hybridized carbons (Fsp3) is 0.429. The molecule has 1 saturated heterocycles. The van der Waals surface area contributed by atoms with E-state index in [0.29, 0.717) is 12.2 Å². The zero-order valence-corrected chi connectivity index (χ0v) is 17.5. The van der Waals surface area contributed by atoms with Gasteiger partial charge in [-0.05, 0) is 66.5 Å². The summed E-state index contributed by atoms with van der Waals surface area (Å²) in [5.74, 6) is -1.24. The average Bonchev–Trinajstić information content (AvgIpc) is 3.16. The number of amides is 2. The summed E-state index contributed by atoms with van der Waals surface area (Å²) >= 11 is 1.65. The summed E-state index contributed by atoms with van der Waals surface area (Å²) in [4.78, 5) is 29.4. The quantitative estimate of drug-likeness (QED) is 0.757. The number of nitrogens with zero attached hydrogens (tertiary/aromatic N) is 2. The van der Waals surface area contributed by atoms with E-state index in [2.05, 4.69) is 38.9 Å². The van der Waals surface area contributed by atoms with Crippen molar-refractivity contribution in [1.82, 2.24) is 15.1 Å². The molecule has 2 heterocycles. The van der Waals surface area contributed by atoms with Crippen molar-refractivity contribution in [2.75, 3.05) is 45.1 Å². The summed E-state index contributed by atoms with van der Waals surface area (Å²) < 4.78 is 0. The van der Waals surface area contributed by atoms with Crippen molar-refractivity contribution in [2.24, 2.45) is 0 Å². The summed E-state index contributed by atoms with van der Waals surface area (Å²) in [6.07, 6.45) is 0. The van der Waals surface area contributed by atoms with Crippen LogP contribution in [0, 0.1) is 13.8 Å². The van der Waals surface area contributed by atoms with Crippen LogP contribution in [0.25, 0.3) is 0 Å². The molecular weight excluding hydrogens is 372 g/mol. The number of hydrogen-bond donors (Lipinski definition) is 2. The standard InChI is InChI=1S/C21H28N4O2S/c1-15-10-16(2)12-18(11-15)23-21(27)20(26)22-13-19(17-4-9-28-14-17)25-7-5-24(3)6-8-25/h4,9-12,14,19H,5-8,13H2,1-3H3,(H,22,26)(H,23,27). The minimum absolute atomic E-state index is 0.0814. The van der Waals surface area contributed by atoms with Crippen molar-refractivity contribution in [3.05, 3.63) is 51.7 Å². The molecule has 150 valence electrons. The molecule has 6 nitrogen and oxygen atoms in total. The third-order valence-corrected chi connectivity index (χ3v) is 5.75. The molecule has 1 unspecified atom stereocenters. The van der Waals surface area contributed by atoms with E-state index in [4.69, 9.17) is 0 Å². The molecule has 1 aliphatic heterocycles. The number of thiophene rings is 1. The van der Waals surface area contributed by atoms with E-state index in [-0.39, 0.29) is 6.04 Å². The molecule has 1 aromatic heterocycles. The van der Waals surface area contributed by atoms with Crippen LogP contribution < -0.4 is 10.6 Å². The van der Waals surface area contributed by atoms with Crippen molar-refractivity contribution >= 4 is 28.8 Å². The Balaban J connectivity index is 1.60. The topological polar surface area (TPSA) is 64.7 Å². The lowest BCUT2D eigenvalue weighted by atomic mass is 10.1. The maximum Gasteiger partial charge on any atom is 0.313 e. The molecule has 7 heteroatoms. The van der Waals surface area contributed by atoms with Crippen LogP contribution in [0.4, 0.5) is 5.69 Å². The molecule has 3 rings (SSSR count). The molecule has 2 N–H and O–H groups in total. The Labute approximate surface area is 170 Å². The number of carbonyl (C=O) groups is 2. The van der Waals surface area contributed by atoms with Crippen LogP contribution in [0.15, 0.2) is 35.0 Å². The van der Waals surface area contributed by atoms with Crippen LogP contribution in [0.3, 0.4) is 0 Å². The molecule has 2 amide bonds. The van der Waals surface area contributed by atoms with Crippen LogP contribution in [-0.2, 0) is 9.59 Å². The van der Waals surface area contributed by atoms with Crippen LogP contribution in [-0.4, -0.2) is 61.4 Å². The fourth-order valence-corrected chi connectivity index (χ4v) is 4.27. The van der Waals surface area contributed by atoms with Gasteiger partial charge in [0.05, 0.1) is 6.04 Å². The Kier molecular flexibility index (Phi) is 6.83. The Hall–Kier alpha value is -2.22. The summed E-state index contributed by atoms with van der Waals surface area (Å²) in [6.45, 7) is 8.24. The minimum Gasteiger partial charge on any atom is -0.346 e. The number of benzene rings is 1. The first-order valence-electron chi connectivity index (χ1n) is 9.54. The van der Waals surface area contributed by atoms with E-state index in [1.165, 1.54) is 5.56 Å². The molecule has 0 radical (unpaired) electrons. The second-order valence-electron chi connectivity index (χ2n) is 7.45. The van der Waals surface area contributed by atoms with Gasteiger partial charge in [0.25, 0.3) is 0 Å². The fourth-order valence-electron chi connectivity index (χ4n) is 3.56. The van der Waals surface area contributed by atoms with E-state index < -0.39 is 11.8 Å². The third-order valence-electron chi connectivity index (χ3n) is 5.05. The van der Waals surface area contributed by atoms with E-state index in [1.807, 2.05) is 37.4 Å². The second-order valence-corrected chi connectivity index (χ2v) is 8.23. The maximum absolute atomic E-state index is 12.4. The highest BCUT2D eigenvalue weighted by Crippen LogP contribution is 2.23. The SMILES string of the molecule is Cc1cc(C)cc(NC(=O)C(=O)NCC(c2ccsc2)N2CCN(C)CC2)c1. The van der Waals surface area contributed by atoms with Crippen molar-refractivity contribution in [1.29, 1.82) is 0 Å². The third kappa shape index (κ3) is 5.41. The van der Waals surface area contributed by atoms with Gasteiger partial charge in [-0.2, -0.15) is 11.3 Å². The number of piperazine rings is 1. The highest BCUT2D eigenvalue weighted by Gasteiger charge is 2.25. The monoisotopic (exact) mass is 400 g/mol. The molecule has 2 aromatic rings. The van der Waals surface area contributed by atoms with E-state index >= 15 is 0 Å². The molecule has 28 heavy (non-hydrogen) atoms. The zero-order valence-electron chi connectivity index (χ0n) is 16.7. The van der Waals surface area contributed by atoms with Gasteiger partial charge in [-0.15, -0.1) is 0 Å². The van der Waals surface area contributed by atoms with E-state index in [9.17, 15) is 9.59 Å². The predicted octanol–water partition coefficient (Wildman–Crippen LogP) is 2.41. The minimum atomic E-state index is -0.632. The van der Waals surface area contributed by atoms with Crippen LogP contribution in [0.2, 0.25) is 0 Å². The molecule has 0 aliphatic carbocycles. The molecule has 0 saturated carbocycles. The lowest BCUT2D eigenvalue weighted by Crippen LogP contribution is -2.49. The largest absolute Gasteiger partial charge is 0.346 e. The Morgan fingerprint density at radius 3 is 2.36 bits per heavy atom. The Morgan fingerprint density at radius 2 is 1.75 bits per heavy atom. The van der Waals surface area contributed by atoms with Crippen molar-refractivity contribution in [3.8, 4) is 0 Å². The van der Waals surface area contributed by atoms with Crippen molar-refractivity contribution in [2.45, 2.75) is 19.9 Å². The van der Waals surface area contributed by atoms with E-state index in [0.717, 1.165) is 37.3 Å². The first-order valence-corrected chi connectivity index (χ1v) is 10.5. The number of carbonyl (C=O) groups excluding carboxylic acids is 2. The normalized spacial score (nSPS) is 16.5. The van der Waals surface area contributed by atoms with Crippen molar-refractivity contribution in [3.63, 3.8) is 0 Å². The van der Waals surface area contributed by atoms with Gasteiger partial charge in [0.15, 0.2) is 0 Å². The molecular formula is C21H28N4O2S. The number of hydrogen-bond acceptors (Lipinski definition) is 5. The first-order chi connectivity index (χ1) is 13.4. The van der Waals surface area contributed by atoms with Gasteiger partial charge in [-0.3, -0.25) is 14.5 Å². The van der Waals surface area contributed by atoms with Crippen LogP contribution in [0.5, 0.6) is 0 Å². The highest BCUT2D eigenvalue weighted by molar-refractivity contribution is 7.08. The van der Waals surface area contributed by atoms with Gasteiger partial charge in [0.1, 0.15) is 0 Å². The maximum atomic E-state index is 12.4. The van der Waals surface area contributed by atoms with Gasteiger partial charge in [0, 0.05) is 38.4 Å². The average molecular weight is 401 g/mol. The zero-order chi connectivity index (χ0) is 20.1. The summed E-state index contributed by atoms with van der Waals surface area (Å²) in [5, 5.41) is 9.69. The van der Waals surface area contributed by atoms with Crippen LogP contribution >= 0.6 is 11.3 Å². The second kappa shape index (κ2) is 9.32. The molecule has 1 aromatic carbocycles. The molecule has 0 spiro atoms. The van der Waals surface area contributed by atoms with E-state index in [1.54, 1.807) is 11.3 Å². The molecule has 0 bridgehead atoms. The predicted molar refractivity (Wildman–Crippen MR) is 114 cm³/mol. The number of anilines is 1.